The third-order valence-corrected chi connectivity index (χ3v) is 4.07. The second-order valence-electron chi connectivity index (χ2n) is 6.20. The first-order valence-electron chi connectivity index (χ1n) is 8.81. The van der Waals surface area contributed by atoms with Gasteiger partial charge < -0.3 is 15.1 Å². The Kier molecular flexibility index (Phi) is 6.55. The third kappa shape index (κ3) is 6.15. The predicted octanol–water partition coefficient (Wildman–Crippen LogP) is 4.37. The molecule has 3 aromatic rings. The van der Waals surface area contributed by atoms with Gasteiger partial charge in [-0.15, -0.1) is 0 Å². The van der Waals surface area contributed by atoms with Crippen molar-refractivity contribution in [3.05, 3.63) is 89.9 Å². The monoisotopic (exact) mass is 405 g/mol. The Morgan fingerprint density at radius 3 is 2.38 bits per heavy atom. The predicted molar refractivity (Wildman–Crippen MR) is 118 cm³/mol. The van der Waals surface area contributed by atoms with Crippen LogP contribution in [0.2, 0.25) is 0 Å². The molecule has 0 aliphatic heterocycles. The largest absolute Gasteiger partial charge is 0.459 e. The molecule has 2 amide bonds. The number of thiocarbonyl (C=S) groups is 1. The minimum atomic E-state index is -0.357. The smallest absolute Gasteiger partial charge is 0.291 e. The maximum absolute atomic E-state index is 12.0. The van der Waals surface area contributed by atoms with Gasteiger partial charge in [-0.05, 0) is 61.1 Å². The highest BCUT2D eigenvalue weighted by molar-refractivity contribution is 7.80. The third-order valence-electron chi connectivity index (χ3n) is 3.86. The highest BCUT2D eigenvalue weighted by Gasteiger charge is 2.09. The van der Waals surface area contributed by atoms with E-state index in [9.17, 15) is 9.59 Å². The van der Waals surface area contributed by atoms with Gasteiger partial charge in [0, 0.05) is 17.5 Å². The van der Waals surface area contributed by atoms with E-state index in [0.29, 0.717) is 11.4 Å². The van der Waals surface area contributed by atoms with E-state index >= 15 is 0 Å². The summed E-state index contributed by atoms with van der Waals surface area (Å²) in [5.41, 5.74) is 3.25. The van der Waals surface area contributed by atoms with Crippen molar-refractivity contribution in [2.45, 2.75) is 6.92 Å². The van der Waals surface area contributed by atoms with Crippen LogP contribution in [0.4, 0.5) is 11.4 Å². The van der Waals surface area contributed by atoms with Gasteiger partial charge in [0.2, 0.25) is 5.91 Å². The number of aryl methyl sites for hydroxylation is 1. The lowest BCUT2D eigenvalue weighted by Crippen LogP contribution is -2.32. The van der Waals surface area contributed by atoms with Crippen molar-refractivity contribution in [2.24, 2.45) is 0 Å². The highest BCUT2D eigenvalue weighted by Crippen LogP contribution is 2.16. The van der Waals surface area contributed by atoms with Crippen LogP contribution >= 0.6 is 12.2 Å². The molecule has 0 fully saturated rings. The van der Waals surface area contributed by atoms with Gasteiger partial charge in [-0.3, -0.25) is 14.9 Å². The van der Waals surface area contributed by atoms with Crippen LogP contribution in [0.15, 0.2) is 77.4 Å². The average Bonchev–Trinajstić information content (AvgIpc) is 3.23. The summed E-state index contributed by atoms with van der Waals surface area (Å²) < 4.78 is 5.06. The zero-order valence-corrected chi connectivity index (χ0v) is 16.5. The van der Waals surface area contributed by atoms with Crippen molar-refractivity contribution in [2.75, 3.05) is 10.6 Å². The van der Waals surface area contributed by atoms with E-state index in [1.54, 1.807) is 42.5 Å². The lowest BCUT2D eigenvalue weighted by atomic mass is 10.1. The summed E-state index contributed by atoms with van der Waals surface area (Å²) in [7, 11) is 0. The van der Waals surface area contributed by atoms with Crippen LogP contribution in [0.1, 0.15) is 21.7 Å². The number of furan rings is 1. The maximum Gasteiger partial charge on any atom is 0.291 e. The van der Waals surface area contributed by atoms with Gasteiger partial charge in [0.05, 0.1) is 6.26 Å². The molecule has 0 radical (unpaired) electrons. The fourth-order valence-electron chi connectivity index (χ4n) is 2.44. The fraction of sp³-hybridized carbons (Fsp3) is 0.0455. The molecule has 1 aromatic heterocycles. The van der Waals surface area contributed by atoms with Crippen molar-refractivity contribution in [1.29, 1.82) is 0 Å². The van der Waals surface area contributed by atoms with Gasteiger partial charge in [0.25, 0.3) is 5.91 Å². The SMILES string of the molecule is Cc1ccc(/C=C/C(=O)NC(=S)Nc2cccc(NC(=O)c3ccco3)c2)cc1. The number of hydrogen-bond donors (Lipinski definition) is 3. The number of benzene rings is 2. The van der Waals surface area contributed by atoms with Crippen LogP contribution in [0.5, 0.6) is 0 Å². The second-order valence-corrected chi connectivity index (χ2v) is 6.61. The Hall–Kier alpha value is -3.71. The molecule has 3 rings (SSSR count). The lowest BCUT2D eigenvalue weighted by molar-refractivity contribution is -0.115. The summed E-state index contributed by atoms with van der Waals surface area (Å²) in [6.45, 7) is 2.00. The number of amides is 2. The lowest BCUT2D eigenvalue weighted by Gasteiger charge is -2.10. The van der Waals surface area contributed by atoms with E-state index in [4.69, 9.17) is 16.6 Å². The molecule has 0 aliphatic rings. The Bertz CT molecular complexity index is 1040. The molecule has 0 unspecified atom stereocenters. The highest BCUT2D eigenvalue weighted by atomic mass is 32.1. The van der Waals surface area contributed by atoms with E-state index < -0.39 is 0 Å². The number of rotatable bonds is 5. The van der Waals surface area contributed by atoms with Gasteiger partial charge in [-0.2, -0.15) is 0 Å². The summed E-state index contributed by atoms with van der Waals surface area (Å²) >= 11 is 5.18. The Morgan fingerprint density at radius 2 is 1.69 bits per heavy atom. The molecule has 0 spiro atoms. The molecule has 146 valence electrons. The summed E-state index contributed by atoms with van der Waals surface area (Å²) in [5, 5.41) is 8.38. The molecular weight excluding hydrogens is 386 g/mol. The molecule has 29 heavy (non-hydrogen) atoms. The van der Waals surface area contributed by atoms with Crippen LogP contribution in [0.3, 0.4) is 0 Å². The maximum atomic E-state index is 12.0. The van der Waals surface area contributed by atoms with Crippen LogP contribution in [0.25, 0.3) is 6.08 Å². The minimum absolute atomic E-state index is 0.151. The van der Waals surface area contributed by atoms with Gasteiger partial charge in [-0.25, -0.2) is 0 Å². The number of hydrogen-bond acceptors (Lipinski definition) is 4. The Labute approximate surface area is 173 Å². The van der Waals surface area contributed by atoms with Crippen molar-refractivity contribution < 1.29 is 14.0 Å². The van der Waals surface area contributed by atoms with Crippen molar-refractivity contribution in [3.63, 3.8) is 0 Å². The first-order chi connectivity index (χ1) is 14.0. The van der Waals surface area contributed by atoms with E-state index in [1.165, 1.54) is 12.3 Å². The van der Waals surface area contributed by atoms with E-state index in [-0.39, 0.29) is 22.7 Å². The van der Waals surface area contributed by atoms with Gasteiger partial charge in [0.1, 0.15) is 0 Å². The van der Waals surface area contributed by atoms with Crippen molar-refractivity contribution in [3.8, 4) is 0 Å². The average molecular weight is 405 g/mol. The number of carbonyl (C=O) groups excluding carboxylic acids is 2. The molecule has 1 heterocycles. The fourth-order valence-corrected chi connectivity index (χ4v) is 2.66. The molecule has 0 saturated heterocycles. The topological polar surface area (TPSA) is 83.4 Å². The number of anilines is 2. The molecule has 3 N–H and O–H groups in total. The molecule has 0 bridgehead atoms. The second kappa shape index (κ2) is 9.48. The van der Waals surface area contributed by atoms with Crippen molar-refractivity contribution >= 4 is 46.6 Å². The standard InChI is InChI=1S/C22H19N3O3S/c1-15-7-9-16(10-8-15)11-12-20(26)25-22(29)24-18-5-2-4-17(14-18)23-21(27)19-6-3-13-28-19/h2-14H,1H3,(H,23,27)(H2,24,25,26,29)/b12-11+. The van der Waals surface area contributed by atoms with Crippen LogP contribution in [-0.2, 0) is 4.79 Å². The normalized spacial score (nSPS) is 10.5. The summed E-state index contributed by atoms with van der Waals surface area (Å²) in [5.74, 6) is -0.485. The Balaban J connectivity index is 1.54. The minimum Gasteiger partial charge on any atom is -0.459 e. The molecule has 2 aromatic carbocycles. The summed E-state index contributed by atoms with van der Waals surface area (Å²) in [6.07, 6.45) is 4.56. The first kappa shape index (κ1) is 20.0. The quantitative estimate of drug-likeness (QED) is 0.434. The van der Waals surface area contributed by atoms with Crippen molar-refractivity contribution in [1.82, 2.24) is 5.32 Å². The van der Waals surface area contributed by atoms with Crippen LogP contribution in [0, 0.1) is 6.92 Å². The van der Waals surface area contributed by atoms with Crippen LogP contribution < -0.4 is 16.0 Å². The summed E-state index contributed by atoms with van der Waals surface area (Å²) in [6, 6.07) is 18.0. The van der Waals surface area contributed by atoms with E-state index in [2.05, 4.69) is 16.0 Å². The zero-order valence-electron chi connectivity index (χ0n) is 15.6. The van der Waals surface area contributed by atoms with E-state index in [0.717, 1.165) is 11.1 Å². The molecule has 7 heteroatoms. The first-order valence-corrected chi connectivity index (χ1v) is 9.22. The zero-order chi connectivity index (χ0) is 20.6. The number of nitrogens with one attached hydrogen (secondary N) is 3. The van der Waals surface area contributed by atoms with Gasteiger partial charge >= 0.3 is 0 Å². The number of carbonyl (C=O) groups is 2. The summed E-state index contributed by atoms with van der Waals surface area (Å²) in [4.78, 5) is 24.1. The molecule has 6 nitrogen and oxygen atoms in total. The molecular formula is C22H19N3O3S. The van der Waals surface area contributed by atoms with Crippen LogP contribution in [-0.4, -0.2) is 16.9 Å². The molecule has 0 aliphatic carbocycles. The van der Waals surface area contributed by atoms with Gasteiger partial charge in [-0.1, -0.05) is 35.9 Å². The van der Waals surface area contributed by atoms with Gasteiger partial charge in [0.15, 0.2) is 10.9 Å². The molecule has 0 atom stereocenters. The Morgan fingerprint density at radius 1 is 0.966 bits per heavy atom. The molecule has 0 saturated carbocycles. The van der Waals surface area contributed by atoms with E-state index in [1.807, 2.05) is 31.2 Å².